The molecule has 0 bridgehead atoms. The lowest BCUT2D eigenvalue weighted by Gasteiger charge is -2.22. The minimum atomic E-state index is -0.425. The molecule has 1 amide bonds. The SMILES string of the molecule is O=C1N=[S@](c2ccccc2)C[C@H](CCc2ccccc2)O1. The minimum absolute atomic E-state index is 0.0428. The van der Waals surface area contributed by atoms with Crippen molar-refractivity contribution in [2.45, 2.75) is 23.8 Å². The second kappa shape index (κ2) is 6.68. The fraction of sp³-hybridized carbons (Fsp3) is 0.235. The molecule has 2 aromatic carbocycles. The van der Waals surface area contributed by atoms with Gasteiger partial charge in [0.2, 0.25) is 0 Å². The number of carbonyl (C=O) groups excluding carboxylic acids is 1. The van der Waals surface area contributed by atoms with Crippen LogP contribution in [0, 0.1) is 0 Å². The van der Waals surface area contributed by atoms with E-state index in [0.717, 1.165) is 23.5 Å². The van der Waals surface area contributed by atoms with Crippen LogP contribution in [0.4, 0.5) is 4.79 Å². The molecule has 3 rings (SSSR count). The monoisotopic (exact) mass is 299 g/mol. The van der Waals surface area contributed by atoms with Gasteiger partial charge in [-0.2, -0.15) is 0 Å². The summed E-state index contributed by atoms with van der Waals surface area (Å²) in [6, 6.07) is 20.3. The Hall–Kier alpha value is -1.94. The molecule has 108 valence electrons. The molecule has 1 heterocycles. The molecule has 0 N–H and O–H groups in total. The average molecular weight is 299 g/mol. The summed E-state index contributed by atoms with van der Waals surface area (Å²) in [5.74, 6) is 0.794. The largest absolute Gasteiger partial charge is 0.443 e. The smallest absolute Gasteiger partial charge is 0.440 e. The minimum Gasteiger partial charge on any atom is -0.443 e. The topological polar surface area (TPSA) is 38.7 Å². The number of amides is 1. The van der Waals surface area contributed by atoms with Gasteiger partial charge in [0, 0.05) is 10.6 Å². The summed E-state index contributed by atoms with van der Waals surface area (Å²) in [6.07, 6.45) is 1.30. The van der Waals surface area contributed by atoms with Crippen LogP contribution in [0.5, 0.6) is 0 Å². The van der Waals surface area contributed by atoms with E-state index in [-0.39, 0.29) is 16.8 Å². The first-order chi connectivity index (χ1) is 10.3. The molecule has 4 heteroatoms. The molecule has 1 aliphatic heterocycles. The Morgan fingerprint density at radius 1 is 1.05 bits per heavy atom. The van der Waals surface area contributed by atoms with Crippen molar-refractivity contribution in [2.75, 3.05) is 5.75 Å². The van der Waals surface area contributed by atoms with Crippen LogP contribution in [0.2, 0.25) is 0 Å². The molecule has 0 radical (unpaired) electrons. The average Bonchev–Trinajstić information content (AvgIpc) is 2.54. The van der Waals surface area contributed by atoms with Crippen LogP contribution >= 0.6 is 0 Å². The van der Waals surface area contributed by atoms with Crippen molar-refractivity contribution in [3.8, 4) is 0 Å². The first-order valence-corrected chi connectivity index (χ1v) is 8.39. The van der Waals surface area contributed by atoms with Gasteiger partial charge in [0.15, 0.2) is 0 Å². The number of ether oxygens (including phenoxy) is 1. The molecule has 3 nitrogen and oxygen atoms in total. The van der Waals surface area contributed by atoms with Gasteiger partial charge in [-0.15, -0.1) is 4.36 Å². The van der Waals surface area contributed by atoms with Gasteiger partial charge in [0.05, 0.1) is 0 Å². The van der Waals surface area contributed by atoms with Crippen molar-refractivity contribution in [2.24, 2.45) is 4.36 Å². The number of hydrogen-bond acceptors (Lipinski definition) is 2. The van der Waals surface area contributed by atoms with Crippen LogP contribution in [-0.2, 0) is 21.8 Å². The van der Waals surface area contributed by atoms with E-state index in [9.17, 15) is 4.79 Å². The molecule has 2 aromatic rings. The molecule has 21 heavy (non-hydrogen) atoms. The van der Waals surface area contributed by atoms with Crippen LogP contribution < -0.4 is 0 Å². The van der Waals surface area contributed by atoms with E-state index in [1.807, 2.05) is 48.5 Å². The van der Waals surface area contributed by atoms with Gasteiger partial charge in [0.1, 0.15) is 6.10 Å². The first-order valence-electron chi connectivity index (χ1n) is 7.03. The third-order valence-corrected chi connectivity index (χ3v) is 5.28. The quantitative estimate of drug-likeness (QED) is 0.856. The molecule has 0 saturated heterocycles. The second-order valence-electron chi connectivity index (χ2n) is 4.97. The van der Waals surface area contributed by atoms with E-state index in [1.165, 1.54) is 5.56 Å². The number of nitrogens with zero attached hydrogens (tertiary/aromatic N) is 1. The third kappa shape index (κ3) is 3.79. The summed E-state index contributed by atoms with van der Waals surface area (Å²) < 4.78 is 9.49. The molecule has 0 aromatic heterocycles. The summed E-state index contributed by atoms with van der Waals surface area (Å²) in [7, 11) is -0.376. The number of aryl methyl sites for hydroxylation is 1. The van der Waals surface area contributed by atoms with Crippen molar-refractivity contribution in [3.63, 3.8) is 0 Å². The van der Waals surface area contributed by atoms with E-state index in [2.05, 4.69) is 16.5 Å². The molecule has 1 aliphatic rings. The molecule has 0 spiro atoms. The number of benzene rings is 2. The summed E-state index contributed by atoms with van der Waals surface area (Å²) in [5, 5.41) is 0. The summed E-state index contributed by atoms with van der Waals surface area (Å²) in [4.78, 5) is 12.8. The van der Waals surface area contributed by atoms with Crippen LogP contribution in [-0.4, -0.2) is 18.0 Å². The number of rotatable bonds is 4. The maximum absolute atomic E-state index is 11.7. The third-order valence-electron chi connectivity index (χ3n) is 3.41. The molecule has 0 saturated carbocycles. The van der Waals surface area contributed by atoms with Crippen molar-refractivity contribution in [1.29, 1.82) is 0 Å². The molecular formula is C17H17NO2S. The lowest BCUT2D eigenvalue weighted by atomic mass is 10.1. The first kappa shape index (κ1) is 14.0. The van der Waals surface area contributed by atoms with E-state index < -0.39 is 6.09 Å². The summed E-state index contributed by atoms with van der Waals surface area (Å²) in [6.45, 7) is 0. The Labute approximate surface area is 127 Å². The van der Waals surface area contributed by atoms with Gasteiger partial charge in [-0.1, -0.05) is 59.2 Å². The predicted molar refractivity (Wildman–Crippen MR) is 84.4 cm³/mol. The van der Waals surface area contributed by atoms with Crippen LogP contribution in [0.15, 0.2) is 69.9 Å². The normalized spacial score (nSPS) is 21.4. The Balaban J connectivity index is 1.66. The van der Waals surface area contributed by atoms with Crippen molar-refractivity contribution in [3.05, 3.63) is 66.2 Å². The van der Waals surface area contributed by atoms with Crippen LogP contribution in [0.25, 0.3) is 0 Å². The van der Waals surface area contributed by atoms with Gasteiger partial charge in [-0.25, -0.2) is 4.79 Å². The van der Waals surface area contributed by atoms with Gasteiger partial charge in [-0.3, -0.25) is 0 Å². The summed E-state index contributed by atoms with van der Waals surface area (Å²) in [5.41, 5.74) is 1.27. The van der Waals surface area contributed by atoms with Gasteiger partial charge >= 0.3 is 6.09 Å². The zero-order valence-electron chi connectivity index (χ0n) is 11.6. The summed E-state index contributed by atoms with van der Waals surface area (Å²) >= 11 is 0. The van der Waals surface area contributed by atoms with Crippen LogP contribution in [0.1, 0.15) is 12.0 Å². The number of carbonyl (C=O) groups is 1. The van der Waals surface area contributed by atoms with Crippen molar-refractivity contribution >= 4 is 16.8 Å². The van der Waals surface area contributed by atoms with Crippen molar-refractivity contribution in [1.82, 2.24) is 0 Å². The van der Waals surface area contributed by atoms with Gasteiger partial charge in [0.25, 0.3) is 0 Å². The standard InChI is InChI=1S/C17H17NO2S/c19-17-18-21(16-9-5-2-6-10-16)13-15(20-17)12-11-14-7-3-1-4-8-14/h1-10,15H,11-13H2/t15-,21-/m0/s1. The Kier molecular flexibility index (Phi) is 4.46. The van der Waals surface area contributed by atoms with E-state index in [0.29, 0.717) is 0 Å². The number of hydrogen-bond donors (Lipinski definition) is 0. The zero-order chi connectivity index (χ0) is 14.5. The predicted octanol–water partition coefficient (Wildman–Crippen LogP) is 4.00. The fourth-order valence-electron chi connectivity index (χ4n) is 2.34. The van der Waals surface area contributed by atoms with Crippen LogP contribution in [0.3, 0.4) is 0 Å². The van der Waals surface area contributed by atoms with Gasteiger partial charge in [-0.05, 0) is 30.5 Å². The molecule has 0 aliphatic carbocycles. The van der Waals surface area contributed by atoms with E-state index in [4.69, 9.17) is 4.74 Å². The lowest BCUT2D eigenvalue weighted by Crippen LogP contribution is -2.28. The highest BCUT2D eigenvalue weighted by molar-refractivity contribution is 7.87. The molecule has 0 fully saturated rings. The molecular weight excluding hydrogens is 282 g/mol. The number of cyclic esters (lactones) is 1. The Morgan fingerprint density at radius 2 is 1.71 bits per heavy atom. The van der Waals surface area contributed by atoms with Gasteiger partial charge < -0.3 is 4.74 Å². The molecule has 2 atom stereocenters. The highest BCUT2D eigenvalue weighted by Gasteiger charge is 2.23. The van der Waals surface area contributed by atoms with E-state index in [1.54, 1.807) is 0 Å². The maximum atomic E-state index is 11.7. The maximum Gasteiger partial charge on any atom is 0.440 e. The zero-order valence-corrected chi connectivity index (χ0v) is 12.5. The molecule has 0 unspecified atom stereocenters. The Morgan fingerprint density at radius 3 is 2.43 bits per heavy atom. The lowest BCUT2D eigenvalue weighted by molar-refractivity contribution is 0.111. The second-order valence-corrected chi connectivity index (χ2v) is 6.68. The Bertz CT molecular complexity index is 640. The van der Waals surface area contributed by atoms with Crippen molar-refractivity contribution < 1.29 is 9.53 Å². The fourth-order valence-corrected chi connectivity index (χ4v) is 4.00. The highest BCUT2D eigenvalue weighted by Crippen LogP contribution is 2.19. The highest BCUT2D eigenvalue weighted by atomic mass is 32.2. The van der Waals surface area contributed by atoms with E-state index >= 15 is 0 Å².